The Balaban J connectivity index is 1.81. The molecule has 0 aliphatic carbocycles. The van der Waals surface area contributed by atoms with Crippen molar-refractivity contribution in [2.75, 3.05) is 6.54 Å². The predicted octanol–water partition coefficient (Wildman–Crippen LogP) is 3.41. The maximum absolute atomic E-state index is 12.6. The smallest absolute Gasteiger partial charge is 0.257 e. The van der Waals surface area contributed by atoms with Crippen LogP contribution >= 0.6 is 11.3 Å². The molecular formula is C17H21N3O2S. The lowest BCUT2D eigenvalue weighted by atomic mass is 10.1. The summed E-state index contributed by atoms with van der Waals surface area (Å²) in [7, 11) is 0. The molecule has 1 aliphatic heterocycles. The molecule has 2 aromatic rings. The molecule has 2 aromatic heterocycles. The van der Waals surface area contributed by atoms with Gasteiger partial charge in [0.05, 0.1) is 18.8 Å². The van der Waals surface area contributed by atoms with Crippen molar-refractivity contribution in [3.63, 3.8) is 0 Å². The van der Waals surface area contributed by atoms with Gasteiger partial charge >= 0.3 is 0 Å². The molecule has 1 N–H and O–H groups in total. The second-order valence-electron chi connectivity index (χ2n) is 6.60. The number of carbonyl (C=O) groups excluding carboxylic acids is 1. The van der Waals surface area contributed by atoms with Crippen molar-refractivity contribution in [3.05, 3.63) is 46.5 Å². The lowest BCUT2D eigenvalue weighted by molar-refractivity contribution is -0.132. The number of rotatable bonds is 4. The third-order valence-corrected chi connectivity index (χ3v) is 4.59. The number of hydrogen-bond acceptors (Lipinski definition) is 5. The van der Waals surface area contributed by atoms with Gasteiger partial charge in [-0.05, 0) is 44.4 Å². The van der Waals surface area contributed by atoms with Crippen LogP contribution in [0.4, 0.5) is 0 Å². The highest BCUT2D eigenvalue weighted by Gasteiger charge is 2.34. The Morgan fingerprint density at radius 2 is 2.26 bits per heavy atom. The van der Waals surface area contributed by atoms with E-state index in [0.29, 0.717) is 6.42 Å². The van der Waals surface area contributed by atoms with Gasteiger partial charge in [0.15, 0.2) is 0 Å². The molecule has 0 saturated carbocycles. The zero-order valence-corrected chi connectivity index (χ0v) is 14.4. The fourth-order valence-electron chi connectivity index (χ4n) is 2.46. The van der Waals surface area contributed by atoms with Gasteiger partial charge in [-0.3, -0.25) is 4.79 Å². The monoisotopic (exact) mass is 331 g/mol. The summed E-state index contributed by atoms with van der Waals surface area (Å²) < 4.78 is 5.44. The van der Waals surface area contributed by atoms with E-state index in [2.05, 4.69) is 10.4 Å². The van der Waals surface area contributed by atoms with Crippen molar-refractivity contribution in [3.8, 4) is 0 Å². The molecule has 5 nitrogen and oxygen atoms in total. The van der Waals surface area contributed by atoms with Crippen molar-refractivity contribution < 1.29 is 9.21 Å². The molecule has 1 unspecified atom stereocenters. The van der Waals surface area contributed by atoms with Crippen LogP contribution in [0, 0.1) is 0 Å². The van der Waals surface area contributed by atoms with Gasteiger partial charge in [-0.15, -0.1) is 11.3 Å². The minimum Gasteiger partial charge on any atom is -0.463 e. The fourth-order valence-corrected chi connectivity index (χ4v) is 3.27. The van der Waals surface area contributed by atoms with Crippen LogP contribution in [0.15, 0.2) is 45.4 Å². The third-order valence-electron chi connectivity index (χ3n) is 3.61. The predicted molar refractivity (Wildman–Crippen MR) is 91.5 cm³/mol. The second kappa shape index (κ2) is 6.29. The zero-order valence-electron chi connectivity index (χ0n) is 13.6. The van der Waals surface area contributed by atoms with E-state index in [0.717, 1.165) is 16.3 Å². The molecule has 6 heteroatoms. The number of hydrogen-bond donors (Lipinski definition) is 1. The number of thiophene rings is 1. The van der Waals surface area contributed by atoms with Crippen LogP contribution in [0.25, 0.3) is 0 Å². The van der Waals surface area contributed by atoms with E-state index in [4.69, 9.17) is 4.42 Å². The first-order valence-corrected chi connectivity index (χ1v) is 8.54. The topological polar surface area (TPSA) is 57.8 Å². The molecule has 3 rings (SSSR count). The summed E-state index contributed by atoms with van der Waals surface area (Å²) in [4.78, 5) is 13.8. The molecule has 0 radical (unpaired) electrons. The van der Waals surface area contributed by atoms with E-state index in [1.807, 2.05) is 50.4 Å². The van der Waals surface area contributed by atoms with Crippen molar-refractivity contribution in [1.82, 2.24) is 10.3 Å². The number of nitrogens with zero attached hydrogens (tertiary/aromatic N) is 2. The minimum absolute atomic E-state index is 0.0279. The van der Waals surface area contributed by atoms with Crippen molar-refractivity contribution in [2.24, 2.45) is 5.10 Å². The van der Waals surface area contributed by atoms with E-state index in [1.165, 1.54) is 0 Å². The van der Waals surface area contributed by atoms with Crippen LogP contribution in [0.2, 0.25) is 0 Å². The molecule has 1 atom stereocenters. The summed E-state index contributed by atoms with van der Waals surface area (Å²) in [5.74, 6) is 0.700. The van der Waals surface area contributed by atoms with Crippen LogP contribution < -0.4 is 5.32 Å². The highest BCUT2D eigenvalue weighted by Crippen LogP contribution is 2.35. The zero-order chi connectivity index (χ0) is 16.4. The Hall–Kier alpha value is -1.92. The van der Waals surface area contributed by atoms with Gasteiger partial charge in [-0.2, -0.15) is 5.10 Å². The molecular weight excluding hydrogens is 310 g/mol. The van der Waals surface area contributed by atoms with Crippen molar-refractivity contribution in [1.29, 1.82) is 0 Å². The van der Waals surface area contributed by atoms with Gasteiger partial charge < -0.3 is 9.73 Å². The van der Waals surface area contributed by atoms with Gasteiger partial charge in [-0.25, -0.2) is 5.01 Å². The van der Waals surface area contributed by atoms with Gasteiger partial charge in [0, 0.05) is 16.8 Å². The average Bonchev–Trinajstić information content (AvgIpc) is 3.22. The van der Waals surface area contributed by atoms with Crippen LogP contribution in [0.1, 0.15) is 43.9 Å². The quantitative estimate of drug-likeness (QED) is 0.934. The number of furan rings is 1. The molecule has 1 amide bonds. The number of carbonyl (C=O) groups is 1. The maximum Gasteiger partial charge on any atom is 0.257 e. The van der Waals surface area contributed by atoms with E-state index in [9.17, 15) is 4.79 Å². The molecule has 1 aliphatic rings. The lowest BCUT2D eigenvalue weighted by Crippen LogP contribution is -2.43. The minimum atomic E-state index is -0.110. The first-order valence-electron chi connectivity index (χ1n) is 7.66. The summed E-state index contributed by atoms with van der Waals surface area (Å²) in [6.45, 7) is 6.38. The van der Waals surface area contributed by atoms with E-state index < -0.39 is 0 Å². The van der Waals surface area contributed by atoms with Crippen molar-refractivity contribution in [2.45, 2.75) is 38.8 Å². The summed E-state index contributed by atoms with van der Waals surface area (Å²) in [6, 6.07) is 7.72. The number of hydrazone groups is 1. The summed E-state index contributed by atoms with van der Waals surface area (Å²) in [5, 5.41) is 11.4. The Morgan fingerprint density at radius 3 is 2.87 bits per heavy atom. The first-order chi connectivity index (χ1) is 10.9. The van der Waals surface area contributed by atoms with Crippen LogP contribution in [-0.4, -0.2) is 28.7 Å². The SMILES string of the molecule is CC(C)(C)NCC(=O)N1N=C(c2ccco2)CC1c1cccs1. The molecule has 23 heavy (non-hydrogen) atoms. The van der Waals surface area contributed by atoms with Crippen LogP contribution in [-0.2, 0) is 4.79 Å². The lowest BCUT2D eigenvalue weighted by Gasteiger charge is -2.24. The molecule has 0 aromatic carbocycles. The number of nitrogens with one attached hydrogen (secondary N) is 1. The molecule has 122 valence electrons. The van der Waals surface area contributed by atoms with Crippen LogP contribution in [0.3, 0.4) is 0 Å². The summed E-state index contributed by atoms with van der Waals surface area (Å²) in [5.41, 5.74) is 0.707. The summed E-state index contributed by atoms with van der Waals surface area (Å²) >= 11 is 1.65. The highest BCUT2D eigenvalue weighted by atomic mass is 32.1. The normalized spacial score (nSPS) is 18.3. The van der Waals surface area contributed by atoms with Gasteiger partial charge in [0.25, 0.3) is 5.91 Å². The Labute approximate surface area is 140 Å². The number of amides is 1. The van der Waals surface area contributed by atoms with E-state index in [1.54, 1.807) is 22.6 Å². The van der Waals surface area contributed by atoms with Gasteiger partial charge in [0.1, 0.15) is 11.5 Å². The fraction of sp³-hybridized carbons (Fsp3) is 0.412. The highest BCUT2D eigenvalue weighted by molar-refractivity contribution is 7.10. The second-order valence-corrected chi connectivity index (χ2v) is 7.58. The molecule has 0 spiro atoms. The first kappa shape index (κ1) is 16.0. The Morgan fingerprint density at radius 1 is 1.43 bits per heavy atom. The summed E-state index contributed by atoms with van der Waals surface area (Å²) in [6.07, 6.45) is 2.30. The third kappa shape index (κ3) is 3.71. The standard InChI is InChI=1S/C17H21N3O2S/c1-17(2,3)18-11-16(21)20-13(15-7-5-9-23-15)10-12(19-20)14-6-4-8-22-14/h4-9,13,18H,10-11H2,1-3H3. The maximum atomic E-state index is 12.6. The van der Waals surface area contributed by atoms with Gasteiger partial charge in [-0.1, -0.05) is 6.07 Å². The van der Waals surface area contributed by atoms with E-state index in [-0.39, 0.29) is 24.0 Å². The Bertz CT molecular complexity index is 684. The van der Waals surface area contributed by atoms with E-state index >= 15 is 0 Å². The molecule has 0 saturated heterocycles. The van der Waals surface area contributed by atoms with Gasteiger partial charge in [0.2, 0.25) is 0 Å². The van der Waals surface area contributed by atoms with Crippen LogP contribution in [0.5, 0.6) is 0 Å². The Kier molecular flexibility index (Phi) is 4.37. The van der Waals surface area contributed by atoms with Crippen molar-refractivity contribution >= 4 is 23.0 Å². The molecule has 0 bridgehead atoms. The largest absolute Gasteiger partial charge is 0.463 e. The average molecular weight is 331 g/mol. The molecule has 0 fully saturated rings. The molecule has 3 heterocycles.